The largest absolute Gasteiger partial charge is 0.445 e. The number of nitrogens with one attached hydrogen (secondary N) is 2. The third-order valence-electron chi connectivity index (χ3n) is 9.03. The number of halogens is 1. The van der Waals surface area contributed by atoms with Crippen molar-refractivity contribution in [2.45, 2.75) is 60.0 Å². The van der Waals surface area contributed by atoms with Crippen molar-refractivity contribution in [1.82, 2.24) is 0 Å². The van der Waals surface area contributed by atoms with E-state index >= 15 is 0 Å². The van der Waals surface area contributed by atoms with Gasteiger partial charge < -0.3 is 19.3 Å². The molecule has 3 saturated heterocycles. The molecule has 0 aliphatic carbocycles. The first-order valence-corrected chi connectivity index (χ1v) is 15.4. The fraction of sp³-hybridized carbons (Fsp3) is 0.364. The standard InChI is InChI=1S/C33H34IN3O5/c1-37(2)28-18-25(19-33(37,34)31-30(28)42-31)41-32(40)36-27-16-13-21(17-26(27)23-8-4-3-5-9-23)7-6-10-29(39)35-24-14-11-22(20-38)12-15-24/h3-5,8-9,11-17,20,25,28,30-31H,6-7,10,18-19H2,1-2H3,(H-,35,36,38,39,40)/p+1/t25-,28-,30-,31+,33-/m0/s1. The van der Waals surface area contributed by atoms with Crippen molar-refractivity contribution in [2.75, 3.05) is 24.7 Å². The van der Waals surface area contributed by atoms with E-state index in [0.717, 1.165) is 40.3 Å². The third-order valence-corrected chi connectivity index (χ3v) is 11.3. The van der Waals surface area contributed by atoms with Crippen LogP contribution in [0.4, 0.5) is 16.2 Å². The second-order valence-corrected chi connectivity index (χ2v) is 13.8. The Labute approximate surface area is 259 Å². The van der Waals surface area contributed by atoms with Crippen molar-refractivity contribution in [3.8, 4) is 11.1 Å². The van der Waals surface area contributed by atoms with E-state index in [4.69, 9.17) is 9.47 Å². The fourth-order valence-corrected chi connectivity index (χ4v) is 7.93. The number of nitrogens with zero attached hydrogens (tertiary/aromatic N) is 1. The van der Waals surface area contributed by atoms with Gasteiger partial charge in [-0.2, -0.15) is 0 Å². The number of fused-ring (bicyclic) bond motifs is 5. The minimum absolute atomic E-state index is 0.0753. The number of likely N-dealkylation sites (N-methyl/N-ethyl adjacent to an activating group) is 1. The zero-order valence-electron chi connectivity index (χ0n) is 23.7. The van der Waals surface area contributed by atoms with Crippen LogP contribution in [0.25, 0.3) is 11.1 Å². The number of carbonyl (C=O) groups excluding carboxylic acids is 3. The molecule has 0 radical (unpaired) electrons. The first kappa shape index (κ1) is 28.8. The lowest BCUT2D eigenvalue weighted by Crippen LogP contribution is -2.65. The summed E-state index contributed by atoms with van der Waals surface area (Å²) in [7, 11) is 4.52. The molecule has 2 bridgehead atoms. The van der Waals surface area contributed by atoms with Gasteiger partial charge >= 0.3 is 6.09 Å². The van der Waals surface area contributed by atoms with Gasteiger partial charge in [-0.25, -0.2) is 4.79 Å². The van der Waals surface area contributed by atoms with E-state index < -0.39 is 6.09 Å². The maximum Gasteiger partial charge on any atom is 0.411 e. The summed E-state index contributed by atoms with van der Waals surface area (Å²) in [6.07, 6.45) is 4.01. The van der Waals surface area contributed by atoms with E-state index in [1.165, 1.54) is 0 Å². The van der Waals surface area contributed by atoms with Crippen LogP contribution in [0.5, 0.6) is 0 Å². The quantitative estimate of drug-likeness (QED) is 0.0702. The fourth-order valence-electron chi connectivity index (χ4n) is 6.58. The number of piperidine rings is 1. The number of epoxide rings is 1. The lowest BCUT2D eigenvalue weighted by Gasteiger charge is -2.50. The molecule has 3 aromatic carbocycles. The topological polar surface area (TPSA) is 97.0 Å². The summed E-state index contributed by atoms with van der Waals surface area (Å²) in [6.45, 7) is 0. The summed E-state index contributed by atoms with van der Waals surface area (Å²) < 4.78 is 12.8. The van der Waals surface area contributed by atoms with Crippen LogP contribution in [-0.4, -0.2) is 64.8 Å². The Morgan fingerprint density at radius 1 is 1.07 bits per heavy atom. The van der Waals surface area contributed by atoms with E-state index in [-0.39, 0.29) is 27.8 Å². The summed E-state index contributed by atoms with van der Waals surface area (Å²) in [5.74, 6) is -0.0753. The Balaban J connectivity index is 1.09. The molecule has 0 saturated carbocycles. The molecule has 218 valence electrons. The molecule has 3 heterocycles. The average Bonchev–Trinajstić information content (AvgIpc) is 3.76. The summed E-state index contributed by atoms with van der Waals surface area (Å²) >= 11 is 2.53. The van der Waals surface area contributed by atoms with E-state index in [1.807, 2.05) is 42.5 Å². The summed E-state index contributed by atoms with van der Waals surface area (Å²) in [5.41, 5.74) is 4.90. The first-order valence-electron chi connectivity index (χ1n) is 14.4. The first-order chi connectivity index (χ1) is 20.2. The minimum atomic E-state index is -0.441. The van der Waals surface area contributed by atoms with Crippen LogP contribution in [0.1, 0.15) is 41.6 Å². The van der Waals surface area contributed by atoms with Gasteiger partial charge in [-0.3, -0.25) is 14.9 Å². The van der Waals surface area contributed by atoms with Gasteiger partial charge in [0.1, 0.15) is 24.5 Å². The Hall–Kier alpha value is -3.28. The van der Waals surface area contributed by atoms with Crippen molar-refractivity contribution < 1.29 is 28.3 Å². The monoisotopic (exact) mass is 680 g/mol. The lowest BCUT2D eigenvalue weighted by molar-refractivity contribution is -0.943. The number of rotatable bonds is 9. The summed E-state index contributed by atoms with van der Waals surface area (Å²) in [6, 6.07) is 23.1. The molecule has 0 aromatic heterocycles. The molecule has 3 fully saturated rings. The number of morpholine rings is 1. The second kappa shape index (κ2) is 11.4. The molecular weight excluding hydrogens is 645 g/mol. The van der Waals surface area contributed by atoms with Crippen LogP contribution in [0.2, 0.25) is 0 Å². The average molecular weight is 681 g/mol. The second-order valence-electron chi connectivity index (χ2n) is 11.9. The molecule has 42 heavy (non-hydrogen) atoms. The lowest BCUT2D eigenvalue weighted by atomic mass is 9.96. The van der Waals surface area contributed by atoms with Crippen LogP contribution in [0.15, 0.2) is 72.8 Å². The molecule has 0 unspecified atom stereocenters. The Bertz CT molecular complexity index is 1500. The number of hydrogen-bond acceptors (Lipinski definition) is 5. The number of quaternary nitrogens is 1. The number of carbonyl (C=O) groups is 3. The van der Waals surface area contributed by atoms with E-state index in [2.05, 4.69) is 53.4 Å². The highest BCUT2D eigenvalue weighted by Gasteiger charge is 2.78. The minimum Gasteiger partial charge on any atom is -0.445 e. The van der Waals surface area contributed by atoms with Crippen molar-refractivity contribution in [1.29, 1.82) is 0 Å². The zero-order chi connectivity index (χ0) is 29.5. The molecule has 6 rings (SSSR count). The summed E-state index contributed by atoms with van der Waals surface area (Å²) in [5, 5.41) is 5.89. The molecule has 8 nitrogen and oxygen atoms in total. The maximum atomic E-state index is 13.1. The Kier molecular flexibility index (Phi) is 7.84. The predicted molar refractivity (Wildman–Crippen MR) is 170 cm³/mol. The highest BCUT2D eigenvalue weighted by molar-refractivity contribution is 14.1. The molecule has 9 heteroatoms. The smallest absolute Gasteiger partial charge is 0.411 e. The zero-order valence-corrected chi connectivity index (χ0v) is 25.9. The van der Waals surface area contributed by atoms with Crippen LogP contribution >= 0.6 is 22.6 Å². The molecule has 0 spiro atoms. The molecule has 2 amide bonds. The van der Waals surface area contributed by atoms with Crippen LogP contribution in [0.3, 0.4) is 0 Å². The van der Waals surface area contributed by atoms with Gasteiger partial charge in [0.2, 0.25) is 5.91 Å². The van der Waals surface area contributed by atoms with Gasteiger partial charge in [-0.05, 0) is 83.0 Å². The van der Waals surface area contributed by atoms with Gasteiger partial charge in [0.25, 0.3) is 0 Å². The number of anilines is 2. The Morgan fingerprint density at radius 3 is 2.55 bits per heavy atom. The highest BCUT2D eigenvalue weighted by atomic mass is 127. The third kappa shape index (κ3) is 5.57. The molecular formula is C33H35IN3O5+. The molecule has 3 aromatic rings. The summed E-state index contributed by atoms with van der Waals surface area (Å²) in [4.78, 5) is 36.4. The highest BCUT2D eigenvalue weighted by Crippen LogP contribution is 2.61. The molecule has 2 N–H and O–H groups in total. The Morgan fingerprint density at radius 2 is 1.83 bits per heavy atom. The number of hydrogen-bond donors (Lipinski definition) is 2. The molecule has 5 atom stereocenters. The van der Waals surface area contributed by atoms with Crippen molar-refractivity contribution in [3.63, 3.8) is 0 Å². The van der Waals surface area contributed by atoms with Crippen molar-refractivity contribution in [2.24, 2.45) is 0 Å². The number of ether oxygens (including phenoxy) is 2. The normalized spacial score (nSPS) is 26.5. The van der Waals surface area contributed by atoms with Crippen LogP contribution < -0.4 is 10.6 Å². The van der Waals surface area contributed by atoms with Crippen LogP contribution in [0, 0.1) is 0 Å². The number of amides is 2. The van der Waals surface area contributed by atoms with Crippen molar-refractivity contribution >= 4 is 52.3 Å². The number of benzene rings is 3. The SMILES string of the molecule is C[N+]1(C)[C@H]2C[C@H](OC(=O)Nc3ccc(CCCC(=O)Nc4ccc(C=O)cc4)cc3-c3ccccc3)C[C@@]1(I)[C@@H]1O[C@H]12. The van der Waals surface area contributed by atoms with Gasteiger partial charge in [0, 0.05) is 29.7 Å². The van der Waals surface area contributed by atoms with Gasteiger partial charge in [-0.15, -0.1) is 0 Å². The van der Waals surface area contributed by atoms with Gasteiger partial charge in [-0.1, -0.05) is 36.4 Å². The predicted octanol–water partition coefficient (Wildman–Crippen LogP) is 6.20. The molecule has 3 aliphatic heterocycles. The van der Waals surface area contributed by atoms with E-state index in [1.54, 1.807) is 24.3 Å². The van der Waals surface area contributed by atoms with Crippen molar-refractivity contribution in [3.05, 3.63) is 83.9 Å². The number of alkyl halides is 1. The van der Waals surface area contributed by atoms with E-state index in [0.29, 0.717) is 42.2 Å². The van der Waals surface area contributed by atoms with E-state index in [9.17, 15) is 14.4 Å². The number of aldehydes is 1. The number of aryl methyl sites for hydroxylation is 1. The van der Waals surface area contributed by atoms with Gasteiger partial charge in [0.15, 0.2) is 9.65 Å². The van der Waals surface area contributed by atoms with Gasteiger partial charge in [0.05, 0.1) is 26.2 Å². The maximum absolute atomic E-state index is 13.1. The molecule has 3 aliphatic rings. The van der Waals surface area contributed by atoms with Crippen LogP contribution in [-0.2, 0) is 20.7 Å².